The number of hydrogen-bond donors (Lipinski definition) is 2. The van der Waals surface area contributed by atoms with Gasteiger partial charge in [-0.25, -0.2) is 0 Å². The van der Waals surface area contributed by atoms with Crippen molar-refractivity contribution in [2.24, 2.45) is 5.73 Å². The average Bonchev–Trinajstić information content (AvgIpc) is 2.52. The van der Waals surface area contributed by atoms with E-state index >= 15 is 0 Å². The average molecular weight is 281 g/mol. The van der Waals surface area contributed by atoms with Gasteiger partial charge in [0.25, 0.3) is 0 Å². The quantitative estimate of drug-likeness (QED) is 0.575. The topological polar surface area (TPSA) is 53.1 Å². The first-order valence-corrected chi connectivity index (χ1v) is 7.42. The molecule has 0 aliphatic heterocycles. The van der Waals surface area contributed by atoms with Crippen LogP contribution in [-0.2, 0) is 6.42 Å². The van der Waals surface area contributed by atoms with Crippen LogP contribution in [-0.4, -0.2) is 18.9 Å². The molecule has 2 aromatic carbocycles. The van der Waals surface area contributed by atoms with Crippen molar-refractivity contribution < 1.29 is 0 Å². The van der Waals surface area contributed by atoms with Crippen LogP contribution >= 0.6 is 0 Å². The third-order valence-electron chi connectivity index (χ3n) is 3.51. The normalized spacial score (nSPS) is 10.3. The van der Waals surface area contributed by atoms with Gasteiger partial charge >= 0.3 is 0 Å². The van der Waals surface area contributed by atoms with Gasteiger partial charge in [-0.1, -0.05) is 48.5 Å². The zero-order valence-corrected chi connectivity index (χ0v) is 12.3. The number of amidine groups is 1. The van der Waals surface area contributed by atoms with Crippen LogP contribution in [0.4, 0.5) is 5.69 Å². The molecule has 2 rings (SSSR count). The largest absolute Gasteiger partial charge is 0.388 e. The lowest BCUT2D eigenvalue weighted by molar-refractivity contribution is 0.732. The van der Waals surface area contributed by atoms with E-state index in [-0.39, 0.29) is 5.84 Å². The minimum atomic E-state index is 0.249. The Morgan fingerprint density at radius 2 is 1.52 bits per heavy atom. The Morgan fingerprint density at radius 3 is 2.14 bits per heavy atom. The summed E-state index contributed by atoms with van der Waals surface area (Å²) in [7, 11) is 0. The van der Waals surface area contributed by atoms with Gasteiger partial charge in [0.2, 0.25) is 0 Å². The molecule has 3 nitrogen and oxygen atoms in total. The number of hydrogen-bond acceptors (Lipinski definition) is 2. The van der Waals surface area contributed by atoms with Gasteiger partial charge in [-0.3, -0.25) is 5.41 Å². The van der Waals surface area contributed by atoms with E-state index in [0.717, 1.165) is 25.9 Å². The summed E-state index contributed by atoms with van der Waals surface area (Å²) in [6, 6.07) is 20.9. The predicted octanol–water partition coefficient (Wildman–Crippen LogP) is 3.45. The molecule has 0 atom stereocenters. The third kappa shape index (κ3) is 5.30. The summed E-state index contributed by atoms with van der Waals surface area (Å²) in [4.78, 5) is 2.31. The fourth-order valence-corrected chi connectivity index (χ4v) is 2.38. The number of anilines is 1. The first-order chi connectivity index (χ1) is 10.3. The lowest BCUT2D eigenvalue weighted by Gasteiger charge is -2.24. The highest BCUT2D eigenvalue weighted by molar-refractivity contribution is 5.77. The second kappa shape index (κ2) is 8.10. The Morgan fingerprint density at radius 1 is 0.905 bits per heavy atom. The molecule has 0 fully saturated rings. The molecular formula is C18H23N3. The molecule has 0 spiro atoms. The van der Waals surface area contributed by atoms with Crippen LogP contribution in [0.15, 0.2) is 60.7 Å². The molecule has 0 amide bonds. The SMILES string of the molecule is N=C(N)CCN(CCCc1ccccc1)c1ccccc1. The first kappa shape index (κ1) is 15.1. The van der Waals surface area contributed by atoms with Crippen LogP contribution in [0.5, 0.6) is 0 Å². The lowest BCUT2D eigenvalue weighted by atomic mass is 10.1. The second-order valence-electron chi connectivity index (χ2n) is 5.19. The van der Waals surface area contributed by atoms with Crippen molar-refractivity contribution in [3.63, 3.8) is 0 Å². The summed E-state index contributed by atoms with van der Waals surface area (Å²) in [5, 5.41) is 7.41. The molecule has 0 bridgehead atoms. The van der Waals surface area contributed by atoms with Gasteiger partial charge in [-0.05, 0) is 30.5 Å². The van der Waals surface area contributed by atoms with Gasteiger partial charge in [0.05, 0.1) is 5.84 Å². The molecule has 0 radical (unpaired) electrons. The molecule has 21 heavy (non-hydrogen) atoms. The summed E-state index contributed by atoms with van der Waals surface area (Å²) in [6.45, 7) is 1.78. The van der Waals surface area contributed by atoms with Crippen LogP contribution in [0.2, 0.25) is 0 Å². The Balaban J connectivity index is 1.91. The highest BCUT2D eigenvalue weighted by atomic mass is 15.1. The minimum Gasteiger partial charge on any atom is -0.388 e. The van der Waals surface area contributed by atoms with Gasteiger partial charge < -0.3 is 10.6 Å². The van der Waals surface area contributed by atoms with Crippen LogP contribution < -0.4 is 10.6 Å². The van der Waals surface area contributed by atoms with Gasteiger partial charge in [0, 0.05) is 25.2 Å². The Hall–Kier alpha value is -2.29. The maximum atomic E-state index is 7.41. The maximum Gasteiger partial charge on any atom is 0.0923 e. The molecule has 2 aromatic rings. The second-order valence-corrected chi connectivity index (χ2v) is 5.19. The van der Waals surface area contributed by atoms with E-state index in [0.29, 0.717) is 6.42 Å². The van der Waals surface area contributed by atoms with E-state index in [1.165, 1.54) is 11.3 Å². The van der Waals surface area contributed by atoms with E-state index in [1.807, 2.05) is 24.3 Å². The zero-order valence-electron chi connectivity index (χ0n) is 12.3. The van der Waals surface area contributed by atoms with E-state index in [1.54, 1.807) is 0 Å². The molecule has 0 aliphatic carbocycles. The molecular weight excluding hydrogens is 258 g/mol. The highest BCUT2D eigenvalue weighted by Gasteiger charge is 2.06. The van der Waals surface area contributed by atoms with Crippen molar-refractivity contribution in [2.45, 2.75) is 19.3 Å². The van der Waals surface area contributed by atoms with E-state index in [2.05, 4.69) is 41.3 Å². The molecule has 0 aliphatic rings. The van der Waals surface area contributed by atoms with Crippen molar-refractivity contribution in [1.29, 1.82) is 5.41 Å². The van der Waals surface area contributed by atoms with Crippen molar-refractivity contribution in [1.82, 2.24) is 0 Å². The first-order valence-electron chi connectivity index (χ1n) is 7.42. The Kier molecular flexibility index (Phi) is 5.83. The minimum absolute atomic E-state index is 0.249. The predicted molar refractivity (Wildman–Crippen MR) is 89.9 cm³/mol. The molecule has 0 unspecified atom stereocenters. The number of aryl methyl sites for hydroxylation is 1. The highest BCUT2D eigenvalue weighted by Crippen LogP contribution is 2.15. The van der Waals surface area contributed by atoms with Crippen molar-refractivity contribution in [3.8, 4) is 0 Å². The van der Waals surface area contributed by atoms with E-state index in [9.17, 15) is 0 Å². The molecule has 0 saturated heterocycles. The number of nitrogens with two attached hydrogens (primary N) is 1. The third-order valence-corrected chi connectivity index (χ3v) is 3.51. The summed E-state index contributed by atoms with van der Waals surface area (Å²) < 4.78 is 0. The summed E-state index contributed by atoms with van der Waals surface area (Å²) >= 11 is 0. The molecule has 3 N–H and O–H groups in total. The number of nitrogens with zero attached hydrogens (tertiary/aromatic N) is 1. The summed E-state index contributed by atoms with van der Waals surface area (Å²) in [5.74, 6) is 0.249. The van der Waals surface area contributed by atoms with Crippen LogP contribution in [0.3, 0.4) is 0 Å². The number of benzene rings is 2. The van der Waals surface area contributed by atoms with Crippen molar-refractivity contribution in [2.75, 3.05) is 18.0 Å². The molecule has 110 valence electrons. The Bertz CT molecular complexity index is 537. The Labute approximate surface area is 126 Å². The fraction of sp³-hybridized carbons (Fsp3) is 0.278. The zero-order chi connectivity index (χ0) is 14.9. The number of para-hydroxylation sites is 1. The molecule has 3 heteroatoms. The van der Waals surface area contributed by atoms with E-state index < -0.39 is 0 Å². The fourth-order valence-electron chi connectivity index (χ4n) is 2.38. The summed E-state index contributed by atoms with van der Waals surface area (Å²) in [5.41, 5.74) is 8.07. The van der Waals surface area contributed by atoms with Crippen LogP contribution in [0, 0.1) is 5.41 Å². The van der Waals surface area contributed by atoms with Crippen LogP contribution in [0.25, 0.3) is 0 Å². The monoisotopic (exact) mass is 281 g/mol. The smallest absolute Gasteiger partial charge is 0.0923 e. The van der Waals surface area contributed by atoms with Gasteiger partial charge in [-0.15, -0.1) is 0 Å². The number of nitrogens with one attached hydrogen (secondary N) is 1. The van der Waals surface area contributed by atoms with Gasteiger partial charge in [0.15, 0.2) is 0 Å². The molecule has 0 heterocycles. The van der Waals surface area contributed by atoms with Gasteiger partial charge in [-0.2, -0.15) is 0 Å². The van der Waals surface area contributed by atoms with Crippen molar-refractivity contribution in [3.05, 3.63) is 66.2 Å². The maximum absolute atomic E-state index is 7.41. The van der Waals surface area contributed by atoms with Crippen LogP contribution in [0.1, 0.15) is 18.4 Å². The molecule has 0 saturated carbocycles. The van der Waals surface area contributed by atoms with E-state index in [4.69, 9.17) is 11.1 Å². The number of rotatable bonds is 8. The van der Waals surface area contributed by atoms with Crippen molar-refractivity contribution >= 4 is 11.5 Å². The summed E-state index contributed by atoms with van der Waals surface area (Å²) in [6.07, 6.45) is 2.78. The standard InChI is InChI=1S/C18H23N3/c19-18(20)13-15-21(17-11-5-2-6-12-17)14-7-10-16-8-3-1-4-9-16/h1-6,8-9,11-12H,7,10,13-15H2,(H3,19,20). The lowest BCUT2D eigenvalue weighted by Crippen LogP contribution is -2.29. The molecule has 0 aromatic heterocycles. The van der Waals surface area contributed by atoms with Gasteiger partial charge in [0.1, 0.15) is 0 Å².